The second kappa shape index (κ2) is 6.52. The van der Waals surface area contributed by atoms with Crippen LogP contribution in [0.15, 0.2) is 24.3 Å². The van der Waals surface area contributed by atoms with E-state index >= 15 is 0 Å². The summed E-state index contributed by atoms with van der Waals surface area (Å²) in [4.78, 5) is 35.0. The highest BCUT2D eigenvalue weighted by atomic mass is 16.2. The molecule has 0 saturated heterocycles. The van der Waals surface area contributed by atoms with Crippen molar-refractivity contribution in [2.45, 2.75) is 32.6 Å². The average molecular weight is 314 g/mol. The van der Waals surface area contributed by atoms with E-state index in [4.69, 9.17) is 0 Å². The van der Waals surface area contributed by atoms with Crippen LogP contribution in [0.3, 0.4) is 0 Å². The van der Waals surface area contributed by atoms with Gasteiger partial charge in [-0.1, -0.05) is 6.42 Å². The number of hydrogen-bond donors (Lipinski definition) is 2. The van der Waals surface area contributed by atoms with E-state index in [0.717, 1.165) is 11.8 Å². The fourth-order valence-corrected chi connectivity index (χ4v) is 3.91. The Kier molecular flexibility index (Phi) is 4.46. The molecule has 0 heterocycles. The SMILES string of the molecule is CC(=O)c1ccc(NC(=O)C(=O)NC[C@H]2C[C@H]3CC[C@H]2C3)cc1. The fourth-order valence-electron chi connectivity index (χ4n) is 3.91. The molecule has 0 aromatic heterocycles. The van der Waals surface area contributed by atoms with Crippen molar-refractivity contribution in [3.63, 3.8) is 0 Å². The van der Waals surface area contributed by atoms with E-state index in [2.05, 4.69) is 10.6 Å². The van der Waals surface area contributed by atoms with Gasteiger partial charge in [-0.25, -0.2) is 0 Å². The summed E-state index contributed by atoms with van der Waals surface area (Å²) in [7, 11) is 0. The van der Waals surface area contributed by atoms with Gasteiger partial charge in [-0.05, 0) is 68.2 Å². The molecule has 2 amide bonds. The maximum Gasteiger partial charge on any atom is 0.313 e. The van der Waals surface area contributed by atoms with Gasteiger partial charge < -0.3 is 10.6 Å². The Balaban J connectivity index is 1.47. The molecule has 1 aromatic carbocycles. The number of amides is 2. The van der Waals surface area contributed by atoms with E-state index in [1.54, 1.807) is 24.3 Å². The number of nitrogens with one attached hydrogen (secondary N) is 2. The highest BCUT2D eigenvalue weighted by Crippen LogP contribution is 2.47. The predicted molar refractivity (Wildman–Crippen MR) is 87.0 cm³/mol. The lowest BCUT2D eigenvalue weighted by Gasteiger charge is -2.21. The molecular formula is C18H22N2O3. The van der Waals surface area contributed by atoms with Gasteiger partial charge in [0.15, 0.2) is 5.78 Å². The first-order valence-electron chi connectivity index (χ1n) is 8.23. The minimum absolute atomic E-state index is 0.0357. The van der Waals surface area contributed by atoms with Crippen molar-refractivity contribution >= 4 is 23.3 Å². The molecule has 2 aliphatic carbocycles. The monoisotopic (exact) mass is 314 g/mol. The minimum Gasteiger partial charge on any atom is -0.348 e. The fraction of sp³-hybridized carbons (Fsp3) is 0.500. The molecule has 2 N–H and O–H groups in total. The number of ketones is 1. The normalized spacial score (nSPS) is 25.2. The van der Waals surface area contributed by atoms with Crippen LogP contribution in [0.2, 0.25) is 0 Å². The van der Waals surface area contributed by atoms with Gasteiger partial charge in [-0.2, -0.15) is 0 Å². The van der Waals surface area contributed by atoms with Gasteiger partial charge in [-0.15, -0.1) is 0 Å². The smallest absolute Gasteiger partial charge is 0.313 e. The van der Waals surface area contributed by atoms with E-state index < -0.39 is 11.8 Å². The Hall–Kier alpha value is -2.17. The van der Waals surface area contributed by atoms with Gasteiger partial charge in [0.05, 0.1) is 0 Å². The summed E-state index contributed by atoms with van der Waals surface area (Å²) in [5.41, 5.74) is 1.08. The molecule has 0 aliphatic heterocycles. The van der Waals surface area contributed by atoms with Crippen molar-refractivity contribution in [3.05, 3.63) is 29.8 Å². The molecule has 2 fully saturated rings. The molecule has 5 nitrogen and oxygen atoms in total. The van der Waals surface area contributed by atoms with Crippen LogP contribution >= 0.6 is 0 Å². The van der Waals surface area contributed by atoms with Crippen LogP contribution in [0, 0.1) is 17.8 Å². The van der Waals surface area contributed by atoms with E-state index in [0.29, 0.717) is 23.7 Å². The van der Waals surface area contributed by atoms with Gasteiger partial charge in [0.25, 0.3) is 0 Å². The average Bonchev–Trinajstić information content (AvgIpc) is 3.15. The molecule has 2 saturated carbocycles. The number of Topliss-reactive ketones (excluding diaryl/α,β-unsaturated/α-hetero) is 1. The second-order valence-electron chi connectivity index (χ2n) is 6.73. The van der Waals surface area contributed by atoms with Crippen LogP contribution in [0.5, 0.6) is 0 Å². The van der Waals surface area contributed by atoms with E-state index in [1.807, 2.05) is 0 Å². The van der Waals surface area contributed by atoms with Crippen LogP contribution in [0.4, 0.5) is 5.69 Å². The molecule has 0 radical (unpaired) electrons. The molecule has 0 spiro atoms. The van der Waals surface area contributed by atoms with E-state index in [9.17, 15) is 14.4 Å². The molecule has 122 valence electrons. The Bertz CT molecular complexity index is 624. The summed E-state index contributed by atoms with van der Waals surface area (Å²) in [5, 5.41) is 5.31. The van der Waals surface area contributed by atoms with Crippen LogP contribution in [0.25, 0.3) is 0 Å². The summed E-state index contributed by atoms with van der Waals surface area (Å²) in [6.07, 6.45) is 5.06. The standard InChI is InChI=1S/C18H22N2O3/c1-11(21)13-4-6-16(7-5-13)20-18(23)17(22)19-10-15-9-12-2-3-14(15)8-12/h4-7,12,14-15H,2-3,8-10H2,1H3,(H,19,22)(H,20,23)/t12-,14-,15+/m0/s1. The van der Waals surface area contributed by atoms with Gasteiger partial charge in [0.2, 0.25) is 0 Å². The first kappa shape index (κ1) is 15.7. The van der Waals surface area contributed by atoms with E-state index in [1.165, 1.54) is 32.6 Å². The molecular weight excluding hydrogens is 292 g/mol. The lowest BCUT2D eigenvalue weighted by atomic mass is 9.89. The van der Waals surface area contributed by atoms with Crippen LogP contribution in [-0.2, 0) is 9.59 Å². The second-order valence-corrected chi connectivity index (χ2v) is 6.73. The third-order valence-electron chi connectivity index (χ3n) is 5.16. The first-order valence-corrected chi connectivity index (χ1v) is 8.23. The number of hydrogen-bond acceptors (Lipinski definition) is 3. The first-order chi connectivity index (χ1) is 11.0. The highest BCUT2D eigenvalue weighted by Gasteiger charge is 2.39. The van der Waals surface area contributed by atoms with Gasteiger partial charge >= 0.3 is 11.8 Å². The van der Waals surface area contributed by atoms with Crippen molar-refractivity contribution < 1.29 is 14.4 Å². The van der Waals surface area contributed by atoms with E-state index in [-0.39, 0.29) is 5.78 Å². The van der Waals surface area contributed by atoms with Crippen LogP contribution in [-0.4, -0.2) is 24.1 Å². The molecule has 1 aromatic rings. The van der Waals surface area contributed by atoms with Crippen molar-refractivity contribution in [2.24, 2.45) is 17.8 Å². The Morgan fingerprint density at radius 1 is 1.04 bits per heavy atom. The summed E-state index contributed by atoms with van der Waals surface area (Å²) < 4.78 is 0. The molecule has 0 unspecified atom stereocenters. The van der Waals surface area contributed by atoms with Crippen LogP contribution in [0.1, 0.15) is 43.0 Å². The van der Waals surface area contributed by atoms with Crippen molar-refractivity contribution in [2.75, 3.05) is 11.9 Å². The molecule has 2 aliphatic rings. The topological polar surface area (TPSA) is 75.3 Å². The van der Waals surface area contributed by atoms with Crippen LogP contribution < -0.4 is 10.6 Å². The number of anilines is 1. The summed E-state index contributed by atoms with van der Waals surface area (Å²) in [5.74, 6) is 0.789. The van der Waals surface area contributed by atoms with Gasteiger partial charge in [-0.3, -0.25) is 14.4 Å². The Morgan fingerprint density at radius 3 is 2.35 bits per heavy atom. The quantitative estimate of drug-likeness (QED) is 0.662. The zero-order chi connectivity index (χ0) is 16.4. The zero-order valence-corrected chi connectivity index (χ0v) is 13.3. The maximum absolute atomic E-state index is 11.9. The Morgan fingerprint density at radius 2 is 1.78 bits per heavy atom. The lowest BCUT2D eigenvalue weighted by molar-refractivity contribution is -0.136. The molecule has 23 heavy (non-hydrogen) atoms. The minimum atomic E-state index is -0.663. The summed E-state index contributed by atoms with van der Waals surface area (Å²) in [6.45, 7) is 2.08. The lowest BCUT2D eigenvalue weighted by Crippen LogP contribution is -2.39. The van der Waals surface area contributed by atoms with Gasteiger partial charge in [0, 0.05) is 17.8 Å². The third-order valence-corrected chi connectivity index (χ3v) is 5.16. The number of benzene rings is 1. The number of carbonyl (C=O) groups is 3. The summed E-state index contributed by atoms with van der Waals surface area (Å²) >= 11 is 0. The molecule has 5 heteroatoms. The largest absolute Gasteiger partial charge is 0.348 e. The van der Waals surface area contributed by atoms with Gasteiger partial charge in [0.1, 0.15) is 0 Å². The van der Waals surface area contributed by atoms with Crippen molar-refractivity contribution in [3.8, 4) is 0 Å². The highest BCUT2D eigenvalue weighted by molar-refractivity contribution is 6.39. The maximum atomic E-state index is 11.9. The third kappa shape index (κ3) is 3.60. The molecule has 3 rings (SSSR count). The molecule has 2 bridgehead atoms. The number of rotatable bonds is 4. The zero-order valence-electron chi connectivity index (χ0n) is 13.3. The number of carbonyl (C=O) groups excluding carboxylic acids is 3. The predicted octanol–water partition coefficient (Wildman–Crippen LogP) is 2.38. The van der Waals surface area contributed by atoms with Crippen molar-refractivity contribution in [1.82, 2.24) is 5.32 Å². The summed E-state index contributed by atoms with van der Waals surface area (Å²) in [6, 6.07) is 6.51. The van der Waals surface area contributed by atoms with Crippen molar-refractivity contribution in [1.29, 1.82) is 0 Å². The molecule has 3 atom stereocenters. The number of fused-ring (bicyclic) bond motifs is 2. The Labute approximate surface area is 135 Å².